The molecule has 1 rings (SSSR count). The minimum atomic E-state index is -0.833. The second-order valence-electron chi connectivity index (χ2n) is 4.30. The van der Waals surface area contributed by atoms with E-state index in [9.17, 15) is 9.59 Å². The molecule has 1 aromatic carbocycles. The lowest BCUT2D eigenvalue weighted by Gasteiger charge is -2.16. The van der Waals surface area contributed by atoms with Crippen LogP contribution < -0.4 is 11.1 Å². The van der Waals surface area contributed by atoms with Crippen molar-refractivity contribution in [1.29, 1.82) is 0 Å². The average Bonchev–Trinajstić information content (AvgIpc) is 2.32. The highest BCUT2D eigenvalue weighted by Gasteiger charge is 2.20. The van der Waals surface area contributed by atoms with Gasteiger partial charge in [0, 0.05) is 17.1 Å². The van der Waals surface area contributed by atoms with Crippen molar-refractivity contribution in [2.24, 2.45) is 5.73 Å². The van der Waals surface area contributed by atoms with E-state index in [1.165, 1.54) is 7.11 Å². The molecule has 2 amide bonds. The molecular formula is C13H17BrN2O3. The van der Waals surface area contributed by atoms with E-state index in [1.54, 1.807) is 6.07 Å². The van der Waals surface area contributed by atoms with Crippen LogP contribution in [0.25, 0.3) is 0 Å². The number of methoxy groups -OCH3 is 1. The van der Waals surface area contributed by atoms with Crippen molar-refractivity contribution in [2.75, 3.05) is 13.7 Å². The Morgan fingerprint density at radius 3 is 2.53 bits per heavy atom. The van der Waals surface area contributed by atoms with Gasteiger partial charge in [0.15, 0.2) is 0 Å². The molecule has 0 unspecified atom stereocenters. The number of primary amides is 1. The summed E-state index contributed by atoms with van der Waals surface area (Å²) >= 11 is 3.40. The summed E-state index contributed by atoms with van der Waals surface area (Å²) < 4.78 is 5.79. The van der Waals surface area contributed by atoms with Crippen LogP contribution in [0, 0.1) is 13.8 Å². The van der Waals surface area contributed by atoms with Crippen molar-refractivity contribution in [3.05, 3.63) is 33.3 Å². The first-order chi connectivity index (χ1) is 8.86. The SMILES string of the molecule is COC[C@H](NC(=O)c1cc(C)c(Br)cc1C)C(N)=O. The Labute approximate surface area is 120 Å². The van der Waals surface area contributed by atoms with Crippen LogP contribution in [-0.4, -0.2) is 31.6 Å². The maximum absolute atomic E-state index is 12.1. The monoisotopic (exact) mass is 328 g/mol. The largest absolute Gasteiger partial charge is 0.382 e. The molecule has 3 N–H and O–H groups in total. The van der Waals surface area contributed by atoms with Crippen molar-refractivity contribution < 1.29 is 14.3 Å². The summed E-state index contributed by atoms with van der Waals surface area (Å²) in [7, 11) is 1.44. The van der Waals surface area contributed by atoms with Crippen LogP contribution >= 0.6 is 15.9 Å². The van der Waals surface area contributed by atoms with Crippen molar-refractivity contribution in [3.63, 3.8) is 0 Å². The maximum atomic E-state index is 12.1. The zero-order valence-corrected chi connectivity index (χ0v) is 12.7. The van der Waals surface area contributed by atoms with Gasteiger partial charge in [-0.05, 0) is 37.1 Å². The van der Waals surface area contributed by atoms with Crippen molar-refractivity contribution in [1.82, 2.24) is 5.32 Å². The van der Waals surface area contributed by atoms with Gasteiger partial charge in [-0.3, -0.25) is 9.59 Å². The van der Waals surface area contributed by atoms with Gasteiger partial charge in [0.2, 0.25) is 5.91 Å². The Balaban J connectivity index is 2.94. The highest BCUT2D eigenvalue weighted by molar-refractivity contribution is 9.10. The van der Waals surface area contributed by atoms with E-state index in [4.69, 9.17) is 10.5 Å². The molecule has 0 fully saturated rings. The molecule has 0 aliphatic heterocycles. The van der Waals surface area contributed by atoms with Crippen molar-refractivity contribution in [2.45, 2.75) is 19.9 Å². The molecule has 0 bridgehead atoms. The predicted molar refractivity (Wildman–Crippen MR) is 75.9 cm³/mol. The predicted octanol–water partition coefficient (Wildman–Crippen LogP) is 1.30. The Morgan fingerprint density at radius 2 is 2.00 bits per heavy atom. The van der Waals surface area contributed by atoms with Gasteiger partial charge in [0.1, 0.15) is 6.04 Å². The number of carbonyl (C=O) groups is 2. The number of benzene rings is 1. The summed E-state index contributed by atoms with van der Waals surface area (Å²) in [6.07, 6.45) is 0. The van der Waals surface area contributed by atoms with Crippen LogP contribution in [0.4, 0.5) is 0 Å². The second-order valence-corrected chi connectivity index (χ2v) is 5.15. The molecule has 5 nitrogen and oxygen atoms in total. The molecular weight excluding hydrogens is 312 g/mol. The van der Waals surface area contributed by atoms with Gasteiger partial charge in [-0.1, -0.05) is 15.9 Å². The van der Waals surface area contributed by atoms with Gasteiger partial charge in [-0.25, -0.2) is 0 Å². The molecule has 1 atom stereocenters. The number of rotatable bonds is 5. The first-order valence-corrected chi connectivity index (χ1v) is 6.52. The van der Waals surface area contributed by atoms with Gasteiger partial charge >= 0.3 is 0 Å². The molecule has 0 spiro atoms. The highest BCUT2D eigenvalue weighted by atomic mass is 79.9. The first kappa shape index (κ1) is 15.7. The lowest BCUT2D eigenvalue weighted by Crippen LogP contribution is -2.47. The van der Waals surface area contributed by atoms with Crippen molar-refractivity contribution in [3.8, 4) is 0 Å². The van der Waals surface area contributed by atoms with Crippen LogP contribution in [0.2, 0.25) is 0 Å². The van der Waals surface area contributed by atoms with E-state index in [0.717, 1.165) is 15.6 Å². The lowest BCUT2D eigenvalue weighted by molar-refractivity contribution is -0.121. The zero-order valence-electron chi connectivity index (χ0n) is 11.1. The topological polar surface area (TPSA) is 81.4 Å². The van der Waals surface area contributed by atoms with Crippen LogP contribution in [0.5, 0.6) is 0 Å². The van der Waals surface area contributed by atoms with E-state index in [2.05, 4.69) is 21.2 Å². The van der Waals surface area contributed by atoms with Crippen LogP contribution in [0.15, 0.2) is 16.6 Å². The molecule has 0 saturated heterocycles. The fraction of sp³-hybridized carbons (Fsp3) is 0.385. The molecule has 0 aliphatic carbocycles. The van der Waals surface area contributed by atoms with Crippen molar-refractivity contribution >= 4 is 27.7 Å². The number of amides is 2. The van der Waals surface area contributed by atoms with Gasteiger partial charge in [-0.15, -0.1) is 0 Å². The summed E-state index contributed by atoms with van der Waals surface area (Å²) in [4.78, 5) is 23.3. The Hall–Kier alpha value is -1.40. The van der Waals surface area contributed by atoms with Gasteiger partial charge in [0.25, 0.3) is 5.91 Å². The number of aryl methyl sites for hydroxylation is 2. The molecule has 104 valence electrons. The molecule has 0 heterocycles. The maximum Gasteiger partial charge on any atom is 0.252 e. The van der Waals surface area contributed by atoms with Gasteiger partial charge < -0.3 is 15.8 Å². The van der Waals surface area contributed by atoms with E-state index in [1.807, 2.05) is 19.9 Å². The average molecular weight is 329 g/mol. The molecule has 6 heteroatoms. The summed E-state index contributed by atoms with van der Waals surface area (Å²) in [6, 6.07) is 2.79. The highest BCUT2D eigenvalue weighted by Crippen LogP contribution is 2.21. The van der Waals surface area contributed by atoms with Gasteiger partial charge in [-0.2, -0.15) is 0 Å². The minimum absolute atomic E-state index is 0.0512. The molecule has 1 aromatic rings. The number of hydrogen-bond acceptors (Lipinski definition) is 3. The first-order valence-electron chi connectivity index (χ1n) is 5.72. The van der Waals surface area contributed by atoms with E-state index in [-0.39, 0.29) is 12.5 Å². The number of halogens is 1. The van der Waals surface area contributed by atoms with Crippen LogP contribution in [-0.2, 0) is 9.53 Å². The quantitative estimate of drug-likeness (QED) is 0.854. The summed E-state index contributed by atoms with van der Waals surface area (Å²) in [5, 5.41) is 2.57. The smallest absolute Gasteiger partial charge is 0.252 e. The third kappa shape index (κ3) is 4.04. The number of ether oxygens (including phenoxy) is 1. The van der Waals surface area contributed by atoms with E-state index < -0.39 is 11.9 Å². The van der Waals surface area contributed by atoms with Crippen LogP contribution in [0.1, 0.15) is 21.5 Å². The summed E-state index contributed by atoms with van der Waals surface area (Å²) in [6.45, 7) is 3.77. The Morgan fingerprint density at radius 1 is 1.37 bits per heavy atom. The minimum Gasteiger partial charge on any atom is -0.382 e. The molecule has 19 heavy (non-hydrogen) atoms. The molecule has 0 radical (unpaired) electrons. The normalized spacial score (nSPS) is 12.0. The Kier molecular flexibility index (Phi) is 5.50. The molecule has 0 aromatic heterocycles. The second kappa shape index (κ2) is 6.68. The molecule has 0 saturated carbocycles. The fourth-order valence-corrected chi connectivity index (χ4v) is 2.08. The van der Waals surface area contributed by atoms with E-state index in [0.29, 0.717) is 5.56 Å². The number of carbonyl (C=O) groups excluding carboxylic acids is 2. The number of nitrogens with two attached hydrogens (primary N) is 1. The molecule has 0 aliphatic rings. The van der Waals surface area contributed by atoms with Gasteiger partial charge in [0.05, 0.1) is 6.61 Å². The fourth-order valence-electron chi connectivity index (χ4n) is 1.62. The Bertz CT molecular complexity index is 503. The lowest BCUT2D eigenvalue weighted by atomic mass is 10.0. The number of nitrogens with one attached hydrogen (secondary N) is 1. The third-order valence-electron chi connectivity index (χ3n) is 2.73. The third-order valence-corrected chi connectivity index (χ3v) is 3.59. The standard InChI is InChI=1S/C13H17BrN2O3/c1-7-5-10(14)8(2)4-9(7)13(18)16-11(6-19-3)12(15)17/h4-5,11H,6H2,1-3H3,(H2,15,17)(H,16,18)/t11-/m0/s1. The van der Waals surface area contributed by atoms with Crippen LogP contribution in [0.3, 0.4) is 0 Å². The number of hydrogen-bond donors (Lipinski definition) is 2. The summed E-state index contributed by atoms with van der Waals surface area (Å²) in [5.41, 5.74) is 7.47. The zero-order chi connectivity index (χ0) is 14.6. The summed E-state index contributed by atoms with van der Waals surface area (Å²) in [5.74, 6) is -0.962. The van der Waals surface area contributed by atoms with E-state index >= 15 is 0 Å².